The molecule has 4 heteroatoms. The van der Waals surface area contributed by atoms with Crippen molar-refractivity contribution in [2.24, 2.45) is 0 Å². The second-order valence-electron chi connectivity index (χ2n) is 7.32. The van der Waals surface area contributed by atoms with Crippen LogP contribution in [0.1, 0.15) is 49.4 Å². The zero-order chi connectivity index (χ0) is 18.0. The highest BCUT2D eigenvalue weighted by atomic mass is 19.1. The molecule has 2 aromatic carbocycles. The zero-order valence-electron chi connectivity index (χ0n) is 14.9. The van der Waals surface area contributed by atoms with E-state index in [0.717, 1.165) is 16.9 Å². The van der Waals surface area contributed by atoms with Gasteiger partial charge in [0.15, 0.2) is 0 Å². The first kappa shape index (κ1) is 17.5. The third-order valence-electron chi connectivity index (χ3n) is 4.54. The Balaban J connectivity index is 1.70. The number of carbonyl (C=O) groups is 1. The lowest BCUT2D eigenvalue weighted by Crippen LogP contribution is -2.41. The van der Waals surface area contributed by atoms with Crippen molar-refractivity contribution in [2.45, 2.75) is 51.7 Å². The topological polar surface area (TPSA) is 38.3 Å². The summed E-state index contributed by atoms with van der Waals surface area (Å²) in [4.78, 5) is 12.4. The van der Waals surface area contributed by atoms with E-state index in [1.165, 1.54) is 6.07 Å². The number of rotatable bonds is 4. The van der Waals surface area contributed by atoms with Crippen LogP contribution in [0.4, 0.5) is 4.39 Å². The van der Waals surface area contributed by atoms with Crippen LogP contribution in [0.2, 0.25) is 0 Å². The number of aryl methyl sites for hydroxylation is 2. The van der Waals surface area contributed by atoms with Crippen molar-refractivity contribution in [3.05, 3.63) is 65.0 Å². The highest BCUT2D eigenvalue weighted by Gasteiger charge is 2.34. The fraction of sp³-hybridized carbons (Fsp3) is 0.381. The summed E-state index contributed by atoms with van der Waals surface area (Å²) in [5, 5.41) is 3.11. The number of fused-ring (bicyclic) bond motifs is 1. The van der Waals surface area contributed by atoms with Gasteiger partial charge in [-0.25, -0.2) is 4.39 Å². The maximum absolute atomic E-state index is 13.7. The molecule has 1 unspecified atom stereocenters. The standard InChI is InChI=1S/C21H24FNO2/c1-14-8-10-19-16(12-14)18(13-21(2,3)25-19)23-20(24)11-9-15-6-4-5-7-17(15)22/h4-8,10,12,18H,9,11,13H2,1-3H3,(H,23,24). The fourth-order valence-electron chi connectivity index (χ4n) is 3.32. The molecule has 0 saturated heterocycles. The largest absolute Gasteiger partial charge is 0.487 e. The minimum atomic E-state index is -0.342. The van der Waals surface area contributed by atoms with Crippen molar-refractivity contribution in [2.75, 3.05) is 0 Å². The molecule has 0 aromatic heterocycles. The molecule has 0 radical (unpaired) electrons. The van der Waals surface area contributed by atoms with E-state index in [2.05, 4.69) is 11.4 Å². The molecule has 1 aliphatic heterocycles. The molecule has 1 amide bonds. The van der Waals surface area contributed by atoms with Gasteiger partial charge in [0.2, 0.25) is 5.91 Å². The van der Waals surface area contributed by atoms with Crippen LogP contribution in [-0.2, 0) is 11.2 Å². The highest BCUT2D eigenvalue weighted by Crippen LogP contribution is 2.39. The number of benzene rings is 2. The molecule has 132 valence electrons. The van der Waals surface area contributed by atoms with Crippen LogP contribution >= 0.6 is 0 Å². The maximum atomic E-state index is 13.7. The molecule has 1 aliphatic rings. The summed E-state index contributed by atoms with van der Waals surface area (Å²) >= 11 is 0. The van der Waals surface area contributed by atoms with Crippen LogP contribution in [0.25, 0.3) is 0 Å². The molecule has 0 fully saturated rings. The summed E-state index contributed by atoms with van der Waals surface area (Å²) in [6.45, 7) is 6.07. The number of amides is 1. The number of carbonyl (C=O) groups excluding carboxylic acids is 1. The first-order valence-corrected chi connectivity index (χ1v) is 8.66. The Morgan fingerprint density at radius 3 is 2.80 bits per heavy atom. The van der Waals surface area contributed by atoms with Gasteiger partial charge in [-0.2, -0.15) is 0 Å². The second kappa shape index (κ2) is 6.87. The van der Waals surface area contributed by atoms with Crippen molar-refractivity contribution in [1.29, 1.82) is 0 Å². The Labute approximate surface area is 148 Å². The van der Waals surface area contributed by atoms with E-state index >= 15 is 0 Å². The first-order valence-electron chi connectivity index (χ1n) is 8.66. The number of hydrogen-bond acceptors (Lipinski definition) is 2. The average Bonchev–Trinajstić information content (AvgIpc) is 2.54. The highest BCUT2D eigenvalue weighted by molar-refractivity contribution is 5.77. The van der Waals surface area contributed by atoms with E-state index in [4.69, 9.17) is 4.74 Å². The van der Waals surface area contributed by atoms with E-state index in [0.29, 0.717) is 18.4 Å². The number of hydrogen-bond donors (Lipinski definition) is 1. The minimum absolute atomic E-state index is 0.0709. The summed E-state index contributed by atoms with van der Waals surface area (Å²) in [7, 11) is 0. The summed E-state index contributed by atoms with van der Waals surface area (Å²) in [5.41, 5.74) is 2.37. The van der Waals surface area contributed by atoms with Crippen LogP contribution in [0.5, 0.6) is 5.75 Å². The first-order chi connectivity index (χ1) is 11.8. The van der Waals surface area contributed by atoms with Crippen LogP contribution in [0, 0.1) is 12.7 Å². The van der Waals surface area contributed by atoms with Gasteiger partial charge in [0.1, 0.15) is 17.2 Å². The van der Waals surface area contributed by atoms with E-state index < -0.39 is 0 Å². The summed E-state index contributed by atoms with van der Waals surface area (Å²) in [6, 6.07) is 12.5. The van der Waals surface area contributed by atoms with Gasteiger partial charge in [0.25, 0.3) is 0 Å². The quantitative estimate of drug-likeness (QED) is 0.890. The smallest absolute Gasteiger partial charge is 0.220 e. The molecule has 3 nitrogen and oxygen atoms in total. The summed E-state index contributed by atoms with van der Waals surface area (Å²) < 4.78 is 19.7. The van der Waals surface area contributed by atoms with Crippen LogP contribution in [0.15, 0.2) is 42.5 Å². The minimum Gasteiger partial charge on any atom is -0.487 e. The Morgan fingerprint density at radius 2 is 2.04 bits per heavy atom. The maximum Gasteiger partial charge on any atom is 0.220 e. The molecular weight excluding hydrogens is 317 g/mol. The van der Waals surface area contributed by atoms with Gasteiger partial charge in [0.05, 0.1) is 6.04 Å². The van der Waals surface area contributed by atoms with E-state index in [1.807, 2.05) is 32.9 Å². The Hall–Kier alpha value is -2.36. The van der Waals surface area contributed by atoms with E-state index in [-0.39, 0.29) is 29.8 Å². The van der Waals surface area contributed by atoms with Crippen molar-refractivity contribution in [1.82, 2.24) is 5.32 Å². The Kier molecular flexibility index (Phi) is 4.80. The van der Waals surface area contributed by atoms with Crippen molar-refractivity contribution in [3.8, 4) is 5.75 Å². The van der Waals surface area contributed by atoms with Crippen LogP contribution in [-0.4, -0.2) is 11.5 Å². The number of nitrogens with one attached hydrogen (secondary N) is 1. The lowest BCUT2D eigenvalue weighted by atomic mass is 9.89. The summed E-state index contributed by atoms with van der Waals surface area (Å²) in [5.74, 6) is 0.489. The van der Waals surface area contributed by atoms with Gasteiger partial charge < -0.3 is 10.1 Å². The molecule has 0 aliphatic carbocycles. The monoisotopic (exact) mass is 341 g/mol. The van der Waals surface area contributed by atoms with Gasteiger partial charge in [-0.3, -0.25) is 4.79 Å². The Morgan fingerprint density at radius 1 is 1.28 bits per heavy atom. The normalized spacial score (nSPS) is 18.2. The predicted molar refractivity (Wildman–Crippen MR) is 96.1 cm³/mol. The molecule has 2 aromatic rings. The van der Waals surface area contributed by atoms with Crippen LogP contribution < -0.4 is 10.1 Å². The third kappa shape index (κ3) is 4.19. The molecule has 3 rings (SSSR count). The average molecular weight is 341 g/mol. The van der Waals surface area contributed by atoms with Crippen molar-refractivity contribution < 1.29 is 13.9 Å². The zero-order valence-corrected chi connectivity index (χ0v) is 14.9. The van der Waals surface area contributed by atoms with Gasteiger partial charge in [0, 0.05) is 18.4 Å². The SMILES string of the molecule is Cc1ccc2c(c1)C(NC(=O)CCc1ccccc1F)CC(C)(C)O2. The van der Waals surface area contributed by atoms with E-state index in [1.54, 1.807) is 18.2 Å². The number of halogens is 1. The second-order valence-corrected chi connectivity index (χ2v) is 7.32. The van der Waals surface area contributed by atoms with E-state index in [9.17, 15) is 9.18 Å². The molecule has 25 heavy (non-hydrogen) atoms. The molecule has 0 spiro atoms. The van der Waals surface area contributed by atoms with Crippen LogP contribution in [0.3, 0.4) is 0 Å². The molecule has 1 atom stereocenters. The third-order valence-corrected chi connectivity index (χ3v) is 4.54. The van der Waals surface area contributed by atoms with Gasteiger partial charge >= 0.3 is 0 Å². The number of ether oxygens (including phenoxy) is 1. The van der Waals surface area contributed by atoms with Gasteiger partial charge in [-0.05, 0) is 44.9 Å². The molecular formula is C21H24FNO2. The van der Waals surface area contributed by atoms with Crippen molar-refractivity contribution in [3.63, 3.8) is 0 Å². The van der Waals surface area contributed by atoms with Gasteiger partial charge in [-0.1, -0.05) is 35.9 Å². The Bertz CT molecular complexity index is 785. The molecule has 0 bridgehead atoms. The fourth-order valence-corrected chi connectivity index (χ4v) is 3.32. The summed E-state index contributed by atoms with van der Waals surface area (Å²) in [6.07, 6.45) is 1.36. The lowest BCUT2D eigenvalue weighted by molar-refractivity contribution is -0.122. The van der Waals surface area contributed by atoms with Crippen molar-refractivity contribution >= 4 is 5.91 Å². The van der Waals surface area contributed by atoms with Gasteiger partial charge in [-0.15, -0.1) is 0 Å². The molecule has 0 saturated carbocycles. The molecule has 1 heterocycles. The lowest BCUT2D eigenvalue weighted by Gasteiger charge is -2.38. The predicted octanol–water partition coefficient (Wildman–Crippen LogP) is 4.49. The molecule has 1 N–H and O–H groups in total.